The van der Waals surface area contributed by atoms with E-state index >= 15 is 0 Å². The van der Waals surface area contributed by atoms with Crippen molar-refractivity contribution >= 4 is 11.9 Å². The second-order valence-electron chi connectivity index (χ2n) is 7.60. The van der Waals surface area contributed by atoms with Crippen molar-refractivity contribution in [1.82, 2.24) is 15.1 Å². The summed E-state index contributed by atoms with van der Waals surface area (Å²) in [6, 6.07) is 8.51. The highest BCUT2D eigenvalue weighted by molar-refractivity contribution is 5.80. The fraction of sp³-hybridized carbons (Fsp3) is 0.636. The lowest BCUT2D eigenvalue weighted by Gasteiger charge is -2.36. The average Bonchev–Trinajstić information content (AvgIpc) is 2.77. The molecule has 2 aliphatic heterocycles. The smallest absolute Gasteiger partial charge is 0.219 e. The van der Waals surface area contributed by atoms with Crippen molar-refractivity contribution in [2.75, 3.05) is 45.9 Å². The highest BCUT2D eigenvalue weighted by atomic mass is 16.5. The van der Waals surface area contributed by atoms with E-state index < -0.39 is 0 Å². The first-order valence-corrected chi connectivity index (χ1v) is 10.7. The molecule has 0 unspecified atom stereocenters. The Kier molecular flexibility index (Phi) is 8.31. The molecule has 160 valence electrons. The molecule has 1 aromatic rings. The van der Waals surface area contributed by atoms with E-state index in [9.17, 15) is 4.79 Å². The van der Waals surface area contributed by atoms with Gasteiger partial charge in [-0.2, -0.15) is 0 Å². The average molecular weight is 403 g/mol. The summed E-state index contributed by atoms with van der Waals surface area (Å²) in [5, 5.41) is 3.38. The fourth-order valence-electron chi connectivity index (χ4n) is 3.62. The highest BCUT2D eigenvalue weighted by Gasteiger charge is 2.20. The minimum absolute atomic E-state index is 0.146. The third-order valence-electron chi connectivity index (χ3n) is 5.45. The van der Waals surface area contributed by atoms with Gasteiger partial charge < -0.3 is 24.6 Å². The topological polar surface area (TPSA) is 66.4 Å². The van der Waals surface area contributed by atoms with E-state index in [0.717, 1.165) is 64.7 Å². The minimum atomic E-state index is 0.146. The Morgan fingerprint density at radius 1 is 1.10 bits per heavy atom. The van der Waals surface area contributed by atoms with Gasteiger partial charge in [0.15, 0.2) is 5.96 Å². The Bertz CT molecular complexity index is 663. The Morgan fingerprint density at radius 3 is 2.34 bits per heavy atom. The third kappa shape index (κ3) is 6.72. The summed E-state index contributed by atoms with van der Waals surface area (Å²) in [5.74, 6) is 1.06. The van der Waals surface area contributed by atoms with Crippen LogP contribution in [0.3, 0.4) is 0 Å². The second-order valence-corrected chi connectivity index (χ2v) is 7.60. The second kappa shape index (κ2) is 11.2. The number of piperazine rings is 1. The molecule has 7 nitrogen and oxygen atoms in total. The van der Waals surface area contributed by atoms with Gasteiger partial charge in [0.1, 0.15) is 0 Å². The number of ether oxygens (including phenoxy) is 2. The van der Waals surface area contributed by atoms with Gasteiger partial charge in [-0.25, -0.2) is 4.99 Å². The van der Waals surface area contributed by atoms with Crippen molar-refractivity contribution in [3.05, 3.63) is 35.4 Å². The number of hydrogen-bond acceptors (Lipinski definition) is 4. The standard InChI is InChI=1S/C22H34N4O3/c1-3-23-22(26-12-10-25(11-13-26)18(2)27)24-16-19-4-6-20(7-5-19)17-29-21-8-14-28-15-9-21/h4-7,21H,3,8-17H2,1-2H3,(H,23,24). The van der Waals surface area contributed by atoms with E-state index in [2.05, 4.69) is 41.4 Å². The Hall–Kier alpha value is -2.12. The van der Waals surface area contributed by atoms with Gasteiger partial charge in [0.25, 0.3) is 0 Å². The number of nitrogens with zero attached hydrogens (tertiary/aromatic N) is 3. The molecule has 2 aliphatic rings. The third-order valence-corrected chi connectivity index (χ3v) is 5.45. The van der Waals surface area contributed by atoms with Crippen molar-refractivity contribution < 1.29 is 14.3 Å². The summed E-state index contributed by atoms with van der Waals surface area (Å²) in [5.41, 5.74) is 2.37. The van der Waals surface area contributed by atoms with Crippen LogP contribution in [0.15, 0.2) is 29.3 Å². The molecule has 29 heavy (non-hydrogen) atoms. The molecule has 7 heteroatoms. The molecule has 2 fully saturated rings. The zero-order valence-electron chi connectivity index (χ0n) is 17.7. The van der Waals surface area contributed by atoms with Gasteiger partial charge in [-0.15, -0.1) is 0 Å². The largest absolute Gasteiger partial charge is 0.381 e. The molecule has 0 radical (unpaired) electrons. The van der Waals surface area contributed by atoms with Gasteiger partial charge in [-0.3, -0.25) is 4.79 Å². The van der Waals surface area contributed by atoms with E-state index in [4.69, 9.17) is 14.5 Å². The molecule has 0 bridgehead atoms. The molecule has 2 saturated heterocycles. The molecule has 1 amide bonds. The van der Waals surface area contributed by atoms with Crippen LogP contribution in [-0.4, -0.2) is 73.7 Å². The lowest BCUT2D eigenvalue weighted by Crippen LogP contribution is -2.53. The van der Waals surface area contributed by atoms with E-state index in [1.165, 1.54) is 11.1 Å². The van der Waals surface area contributed by atoms with Crippen LogP contribution < -0.4 is 5.32 Å². The molecule has 1 N–H and O–H groups in total. The molecular formula is C22H34N4O3. The highest BCUT2D eigenvalue weighted by Crippen LogP contribution is 2.14. The van der Waals surface area contributed by atoms with Gasteiger partial charge >= 0.3 is 0 Å². The van der Waals surface area contributed by atoms with Crippen LogP contribution in [-0.2, 0) is 27.4 Å². The van der Waals surface area contributed by atoms with Crippen LogP contribution in [0.1, 0.15) is 37.8 Å². The molecule has 3 rings (SSSR count). The summed E-state index contributed by atoms with van der Waals surface area (Å²) in [4.78, 5) is 20.5. The zero-order chi connectivity index (χ0) is 20.5. The van der Waals surface area contributed by atoms with Crippen molar-refractivity contribution in [1.29, 1.82) is 0 Å². The quantitative estimate of drug-likeness (QED) is 0.582. The number of rotatable bonds is 6. The minimum Gasteiger partial charge on any atom is -0.381 e. The lowest BCUT2D eigenvalue weighted by molar-refractivity contribution is -0.130. The molecule has 2 heterocycles. The van der Waals surface area contributed by atoms with E-state index in [1.807, 2.05) is 4.90 Å². The molecule has 0 aliphatic carbocycles. The molecule has 0 atom stereocenters. The molecule has 0 saturated carbocycles. The van der Waals surface area contributed by atoms with Crippen LogP contribution in [0.2, 0.25) is 0 Å². The van der Waals surface area contributed by atoms with Crippen LogP contribution in [0.4, 0.5) is 0 Å². The van der Waals surface area contributed by atoms with Crippen molar-refractivity contribution in [3.63, 3.8) is 0 Å². The molecule has 0 aromatic heterocycles. The summed E-state index contributed by atoms with van der Waals surface area (Å²) in [7, 11) is 0. The van der Waals surface area contributed by atoms with Crippen molar-refractivity contribution in [2.24, 2.45) is 4.99 Å². The summed E-state index contributed by atoms with van der Waals surface area (Å²) in [6.45, 7) is 10.6. The number of nitrogens with one attached hydrogen (secondary N) is 1. The first-order valence-electron chi connectivity index (χ1n) is 10.7. The van der Waals surface area contributed by atoms with Crippen LogP contribution in [0.25, 0.3) is 0 Å². The Balaban J connectivity index is 1.50. The molecule has 0 spiro atoms. The maximum absolute atomic E-state index is 11.5. The summed E-state index contributed by atoms with van der Waals surface area (Å²) < 4.78 is 11.4. The van der Waals surface area contributed by atoms with Crippen LogP contribution >= 0.6 is 0 Å². The van der Waals surface area contributed by atoms with Gasteiger partial charge in [-0.05, 0) is 30.9 Å². The van der Waals surface area contributed by atoms with E-state index in [-0.39, 0.29) is 5.91 Å². The maximum atomic E-state index is 11.5. The number of carbonyl (C=O) groups excluding carboxylic acids is 1. The van der Waals surface area contributed by atoms with Crippen molar-refractivity contribution in [2.45, 2.75) is 45.9 Å². The first-order chi connectivity index (χ1) is 14.2. The first kappa shape index (κ1) is 21.6. The van der Waals surface area contributed by atoms with Crippen LogP contribution in [0, 0.1) is 0 Å². The maximum Gasteiger partial charge on any atom is 0.219 e. The van der Waals surface area contributed by atoms with Gasteiger partial charge in [-0.1, -0.05) is 24.3 Å². The Morgan fingerprint density at radius 2 is 1.72 bits per heavy atom. The van der Waals surface area contributed by atoms with Gasteiger partial charge in [0.05, 0.1) is 19.3 Å². The predicted octanol–water partition coefficient (Wildman–Crippen LogP) is 2.01. The normalized spacial score (nSPS) is 18.8. The lowest BCUT2D eigenvalue weighted by atomic mass is 10.1. The SMILES string of the molecule is CCNC(=NCc1ccc(COC2CCOCC2)cc1)N1CCN(C(C)=O)CC1. The van der Waals surface area contributed by atoms with Crippen LogP contribution in [0.5, 0.6) is 0 Å². The summed E-state index contributed by atoms with van der Waals surface area (Å²) >= 11 is 0. The van der Waals surface area contributed by atoms with Gasteiger partial charge in [0.2, 0.25) is 5.91 Å². The number of amides is 1. The predicted molar refractivity (Wildman–Crippen MR) is 114 cm³/mol. The molecular weight excluding hydrogens is 368 g/mol. The van der Waals surface area contributed by atoms with E-state index in [1.54, 1.807) is 6.92 Å². The monoisotopic (exact) mass is 402 g/mol. The van der Waals surface area contributed by atoms with E-state index in [0.29, 0.717) is 19.3 Å². The number of guanidine groups is 1. The molecule has 1 aromatic carbocycles. The fourth-order valence-corrected chi connectivity index (χ4v) is 3.62. The number of benzene rings is 1. The zero-order valence-corrected chi connectivity index (χ0v) is 17.7. The Labute approximate surface area is 174 Å². The number of hydrogen-bond donors (Lipinski definition) is 1. The number of carbonyl (C=O) groups is 1. The summed E-state index contributed by atoms with van der Waals surface area (Å²) in [6.07, 6.45) is 2.29. The number of aliphatic imine (C=N–C) groups is 1. The van der Waals surface area contributed by atoms with Gasteiger partial charge in [0, 0.05) is 52.9 Å². The van der Waals surface area contributed by atoms with Crippen molar-refractivity contribution in [3.8, 4) is 0 Å².